The van der Waals surface area contributed by atoms with Crippen molar-refractivity contribution in [1.82, 2.24) is 9.97 Å². The third-order valence-electron chi connectivity index (χ3n) is 2.33. The number of carbonyl (C=O) groups is 1. The third-order valence-corrected chi connectivity index (χ3v) is 4.03. The van der Waals surface area contributed by atoms with Crippen LogP contribution >= 0.6 is 0 Å². The van der Waals surface area contributed by atoms with Gasteiger partial charge in [-0.25, -0.2) is 9.78 Å². The number of H-pyrrole nitrogens is 1. The van der Waals surface area contributed by atoms with Gasteiger partial charge >= 0.3 is 5.97 Å². The monoisotopic (exact) mass is 267 g/mol. The smallest absolute Gasteiger partial charge is 0.371 e. The minimum absolute atomic E-state index is 0.0837. The first kappa shape index (κ1) is 14.4. The van der Waals surface area contributed by atoms with Crippen LogP contribution in [0.5, 0.6) is 0 Å². The molecule has 0 aliphatic carbocycles. The van der Waals surface area contributed by atoms with E-state index in [0.29, 0.717) is 12.3 Å². The van der Waals surface area contributed by atoms with Crippen LogP contribution in [0.1, 0.15) is 22.0 Å². The second-order valence-electron chi connectivity index (χ2n) is 5.19. The molecule has 0 bridgehead atoms. The van der Waals surface area contributed by atoms with Crippen LogP contribution in [0.3, 0.4) is 0 Å². The lowest BCUT2D eigenvalue weighted by Crippen LogP contribution is -2.21. The normalized spacial score (nSPS) is 11.2. The predicted molar refractivity (Wildman–Crippen MR) is 68.1 cm³/mol. The third kappa shape index (κ3) is 4.31. The van der Waals surface area contributed by atoms with Gasteiger partial charge in [0.2, 0.25) is 5.82 Å². The van der Waals surface area contributed by atoms with Crippen LogP contribution < -0.4 is 0 Å². The highest BCUT2D eigenvalue weighted by Gasteiger charge is 2.16. The number of rotatable bonds is 6. The standard InChI is InChI=1S/C11H17N3O3Si/c1-18(2,3)5-4-17-7-9-8(6-12)13-10(14-9)11(15)16/h4-5,7H2,1-3H3,(H,13,14)(H,15,16). The summed E-state index contributed by atoms with van der Waals surface area (Å²) >= 11 is 0. The first-order valence-electron chi connectivity index (χ1n) is 5.63. The molecule has 1 rings (SSSR count). The molecule has 6 nitrogen and oxygen atoms in total. The van der Waals surface area contributed by atoms with E-state index < -0.39 is 14.0 Å². The van der Waals surface area contributed by atoms with Crippen molar-refractivity contribution in [2.45, 2.75) is 32.3 Å². The summed E-state index contributed by atoms with van der Waals surface area (Å²) in [4.78, 5) is 17.0. The number of imidazole rings is 1. The van der Waals surface area contributed by atoms with E-state index in [1.165, 1.54) is 0 Å². The average Bonchev–Trinajstić information content (AvgIpc) is 2.66. The fraction of sp³-hybridized carbons (Fsp3) is 0.545. The Balaban J connectivity index is 2.57. The van der Waals surface area contributed by atoms with E-state index in [2.05, 4.69) is 29.6 Å². The van der Waals surface area contributed by atoms with Crippen molar-refractivity contribution in [3.05, 3.63) is 17.2 Å². The lowest BCUT2D eigenvalue weighted by Gasteiger charge is -2.14. The van der Waals surface area contributed by atoms with E-state index in [-0.39, 0.29) is 18.1 Å². The van der Waals surface area contributed by atoms with Crippen LogP contribution in [0, 0.1) is 11.3 Å². The second-order valence-corrected chi connectivity index (χ2v) is 10.8. The Morgan fingerprint density at radius 3 is 2.72 bits per heavy atom. The van der Waals surface area contributed by atoms with Crippen LogP contribution in [0.2, 0.25) is 25.7 Å². The van der Waals surface area contributed by atoms with Gasteiger partial charge in [-0.15, -0.1) is 0 Å². The number of ether oxygens (including phenoxy) is 1. The van der Waals surface area contributed by atoms with Crippen molar-refractivity contribution in [2.24, 2.45) is 0 Å². The second kappa shape index (κ2) is 5.80. The van der Waals surface area contributed by atoms with E-state index in [0.717, 1.165) is 6.04 Å². The van der Waals surface area contributed by atoms with Gasteiger partial charge in [-0.05, 0) is 6.04 Å². The van der Waals surface area contributed by atoms with Crippen LogP contribution in [-0.2, 0) is 11.3 Å². The first-order valence-corrected chi connectivity index (χ1v) is 9.34. The summed E-state index contributed by atoms with van der Waals surface area (Å²) < 4.78 is 5.45. The van der Waals surface area contributed by atoms with E-state index >= 15 is 0 Å². The molecule has 0 aromatic carbocycles. The van der Waals surface area contributed by atoms with Crippen molar-refractivity contribution in [1.29, 1.82) is 5.26 Å². The van der Waals surface area contributed by atoms with Crippen molar-refractivity contribution < 1.29 is 14.6 Å². The molecule has 18 heavy (non-hydrogen) atoms. The molecule has 0 atom stereocenters. The van der Waals surface area contributed by atoms with Gasteiger partial charge in [-0.3, -0.25) is 0 Å². The van der Waals surface area contributed by atoms with Gasteiger partial charge in [0.15, 0.2) is 5.69 Å². The molecular formula is C11H17N3O3Si. The fourth-order valence-electron chi connectivity index (χ4n) is 1.26. The molecule has 0 unspecified atom stereocenters. The summed E-state index contributed by atoms with van der Waals surface area (Å²) in [6.45, 7) is 7.54. The number of aromatic nitrogens is 2. The van der Waals surface area contributed by atoms with Gasteiger partial charge in [-0.1, -0.05) is 19.6 Å². The van der Waals surface area contributed by atoms with Crippen LogP contribution in [0.4, 0.5) is 0 Å². The fourth-order valence-corrected chi connectivity index (χ4v) is 2.02. The Labute approximate surface area is 107 Å². The molecule has 0 aliphatic heterocycles. The highest BCUT2D eigenvalue weighted by atomic mass is 28.3. The Hall–Kier alpha value is -1.65. The highest BCUT2D eigenvalue weighted by molar-refractivity contribution is 6.76. The molecule has 98 valence electrons. The Morgan fingerprint density at radius 1 is 1.56 bits per heavy atom. The highest BCUT2D eigenvalue weighted by Crippen LogP contribution is 2.10. The molecule has 0 amide bonds. The zero-order valence-electron chi connectivity index (χ0n) is 10.8. The maximum atomic E-state index is 10.7. The Kier molecular flexibility index (Phi) is 4.64. The number of nitriles is 1. The summed E-state index contributed by atoms with van der Waals surface area (Å²) in [6.07, 6.45) is 0. The van der Waals surface area contributed by atoms with Gasteiger partial charge < -0.3 is 14.8 Å². The number of carboxylic acid groups (broad SMARTS) is 1. The van der Waals surface area contributed by atoms with Gasteiger partial charge in [0.25, 0.3) is 0 Å². The zero-order chi connectivity index (χ0) is 13.8. The Morgan fingerprint density at radius 2 is 2.22 bits per heavy atom. The molecule has 0 aliphatic rings. The minimum Gasteiger partial charge on any atom is -0.475 e. The Bertz CT molecular complexity index is 471. The van der Waals surface area contributed by atoms with Crippen molar-refractivity contribution in [3.63, 3.8) is 0 Å². The molecule has 1 aromatic rings. The molecule has 2 N–H and O–H groups in total. The SMILES string of the molecule is C[Si](C)(C)CCOCc1[nH]c(C(=O)O)nc1C#N. The van der Waals surface area contributed by atoms with Gasteiger partial charge in [-0.2, -0.15) is 5.26 Å². The maximum Gasteiger partial charge on any atom is 0.371 e. The lowest BCUT2D eigenvalue weighted by molar-refractivity contribution is 0.0684. The van der Waals surface area contributed by atoms with E-state index in [1.54, 1.807) is 0 Å². The van der Waals surface area contributed by atoms with Crippen molar-refractivity contribution in [3.8, 4) is 6.07 Å². The summed E-state index contributed by atoms with van der Waals surface area (Å²) in [5.41, 5.74) is 0.505. The number of carboxylic acids is 1. The molecule has 1 aromatic heterocycles. The number of hydrogen-bond donors (Lipinski definition) is 2. The van der Waals surface area contributed by atoms with E-state index in [9.17, 15) is 4.79 Å². The van der Waals surface area contributed by atoms with Crippen molar-refractivity contribution in [2.75, 3.05) is 6.61 Å². The predicted octanol–water partition coefficient (Wildman–Crippen LogP) is 1.83. The van der Waals surface area contributed by atoms with Gasteiger partial charge in [0.05, 0.1) is 12.3 Å². The summed E-state index contributed by atoms with van der Waals surface area (Å²) in [5, 5.41) is 17.6. The molecule has 7 heteroatoms. The van der Waals surface area contributed by atoms with E-state index in [4.69, 9.17) is 15.1 Å². The molecule has 0 spiro atoms. The molecule has 0 saturated heterocycles. The number of aromatic amines is 1. The summed E-state index contributed by atoms with van der Waals surface area (Å²) in [5.74, 6) is -1.41. The summed E-state index contributed by atoms with van der Waals surface area (Å²) in [6, 6.07) is 2.87. The lowest BCUT2D eigenvalue weighted by atomic mass is 10.3. The zero-order valence-corrected chi connectivity index (χ0v) is 11.8. The quantitative estimate of drug-likeness (QED) is 0.605. The average molecular weight is 267 g/mol. The molecule has 1 heterocycles. The van der Waals surface area contributed by atoms with Crippen LogP contribution in [0.25, 0.3) is 0 Å². The maximum absolute atomic E-state index is 10.7. The van der Waals surface area contributed by atoms with Crippen molar-refractivity contribution >= 4 is 14.0 Å². The summed E-state index contributed by atoms with van der Waals surface area (Å²) in [7, 11) is -1.14. The van der Waals surface area contributed by atoms with E-state index in [1.807, 2.05) is 6.07 Å². The van der Waals surface area contributed by atoms with Gasteiger partial charge in [0.1, 0.15) is 6.07 Å². The van der Waals surface area contributed by atoms with Crippen LogP contribution in [-0.4, -0.2) is 35.7 Å². The first-order chi connectivity index (χ1) is 8.33. The number of nitrogens with one attached hydrogen (secondary N) is 1. The minimum atomic E-state index is -1.18. The number of nitrogens with zero attached hydrogens (tertiary/aromatic N) is 2. The van der Waals surface area contributed by atoms with Gasteiger partial charge in [0, 0.05) is 14.7 Å². The molecule has 0 radical (unpaired) electrons. The molecule has 0 fully saturated rings. The number of hydrogen-bond acceptors (Lipinski definition) is 4. The molecular weight excluding hydrogens is 250 g/mol. The van der Waals surface area contributed by atoms with Crippen LogP contribution in [0.15, 0.2) is 0 Å². The topological polar surface area (TPSA) is 99.0 Å². The number of aromatic carboxylic acids is 1. The molecule has 0 saturated carbocycles. The largest absolute Gasteiger partial charge is 0.475 e.